The van der Waals surface area contributed by atoms with Crippen molar-refractivity contribution in [3.8, 4) is 0 Å². The van der Waals surface area contributed by atoms with E-state index < -0.39 is 23.8 Å². The molecule has 10 heteroatoms. The van der Waals surface area contributed by atoms with Crippen LogP contribution in [0.15, 0.2) is 71.6 Å². The summed E-state index contributed by atoms with van der Waals surface area (Å²) in [5.74, 6) is -5.21. The molecule has 0 spiro atoms. The number of thiophene rings is 1. The Labute approximate surface area is 229 Å². The van der Waals surface area contributed by atoms with E-state index >= 15 is 0 Å². The van der Waals surface area contributed by atoms with E-state index in [1.54, 1.807) is 24.3 Å². The zero-order chi connectivity index (χ0) is 27.1. The predicted octanol–water partition coefficient (Wildman–Crippen LogP) is 4.57. The van der Waals surface area contributed by atoms with E-state index in [1.807, 2.05) is 48.0 Å². The summed E-state index contributed by atoms with van der Waals surface area (Å²) >= 11 is 7.53. The van der Waals surface area contributed by atoms with Crippen LogP contribution < -0.4 is 5.32 Å². The Balaban J connectivity index is 1.33. The molecule has 0 amide bonds. The first kappa shape index (κ1) is 27.7. The molecule has 3 N–H and O–H groups in total. The molecule has 8 nitrogen and oxygen atoms in total. The van der Waals surface area contributed by atoms with Crippen LogP contribution >= 0.6 is 22.9 Å². The van der Waals surface area contributed by atoms with Gasteiger partial charge in [-0.25, -0.2) is 9.59 Å². The molecular formula is C28H28ClNO7S. The fourth-order valence-corrected chi connectivity index (χ4v) is 4.85. The van der Waals surface area contributed by atoms with Crippen molar-refractivity contribution < 1.29 is 34.0 Å². The van der Waals surface area contributed by atoms with Crippen molar-refractivity contribution in [1.29, 1.82) is 0 Å². The number of aliphatic hydroxyl groups excluding tert-OH is 1. The lowest BCUT2D eigenvalue weighted by Crippen LogP contribution is -2.49. The Hall–Kier alpha value is -3.37. The van der Waals surface area contributed by atoms with E-state index in [-0.39, 0.29) is 18.4 Å². The molecular weight excluding hydrogens is 530 g/mol. The van der Waals surface area contributed by atoms with Crippen LogP contribution in [0.2, 0.25) is 5.02 Å². The van der Waals surface area contributed by atoms with Crippen molar-refractivity contribution in [2.24, 2.45) is 0 Å². The molecule has 3 atom stereocenters. The fraction of sp³-hybridized carbons (Fsp3) is 0.286. The van der Waals surface area contributed by atoms with Crippen LogP contribution in [0.5, 0.6) is 0 Å². The number of hydrogen-bond donors (Lipinski definition) is 3. The van der Waals surface area contributed by atoms with E-state index in [1.165, 1.54) is 11.3 Å². The average molecular weight is 558 g/mol. The van der Waals surface area contributed by atoms with E-state index in [0.717, 1.165) is 23.0 Å². The van der Waals surface area contributed by atoms with Gasteiger partial charge in [0.2, 0.25) is 0 Å². The lowest BCUT2D eigenvalue weighted by Gasteiger charge is -2.21. The highest BCUT2D eigenvalue weighted by Crippen LogP contribution is 2.34. The van der Waals surface area contributed by atoms with Crippen LogP contribution in [0, 0.1) is 0 Å². The standard InChI is InChI=1S/C28H28ClNO7S/c1-18(30-15-24(31)21-5-3-7-23(29)14-21)12-20-4-2-6-22(13-20)25-16-36-28(37-25,26(32)33)27(34)35-10-8-19-9-11-38-17-19/h2-7,9,11,13-14,16-18,24,30-31H,8,10,12,15H2,1H3,(H,32,33). The summed E-state index contributed by atoms with van der Waals surface area (Å²) in [5.41, 5.74) is 3.22. The number of aliphatic carboxylic acids is 1. The van der Waals surface area contributed by atoms with Crippen LogP contribution in [0.4, 0.5) is 0 Å². The minimum absolute atomic E-state index is 0.000960. The van der Waals surface area contributed by atoms with E-state index in [2.05, 4.69) is 5.32 Å². The molecule has 200 valence electrons. The maximum absolute atomic E-state index is 12.7. The van der Waals surface area contributed by atoms with Gasteiger partial charge in [0.1, 0.15) is 6.26 Å². The number of ether oxygens (including phenoxy) is 3. The largest absolute Gasteiger partial charge is 0.475 e. The highest BCUT2D eigenvalue weighted by Gasteiger charge is 2.57. The van der Waals surface area contributed by atoms with Gasteiger partial charge in [-0.1, -0.05) is 41.9 Å². The summed E-state index contributed by atoms with van der Waals surface area (Å²) in [6.45, 7) is 2.34. The van der Waals surface area contributed by atoms with Gasteiger partial charge in [-0.2, -0.15) is 11.3 Å². The Morgan fingerprint density at radius 2 is 1.97 bits per heavy atom. The van der Waals surface area contributed by atoms with E-state index in [0.29, 0.717) is 30.0 Å². The van der Waals surface area contributed by atoms with Crippen LogP contribution in [0.3, 0.4) is 0 Å². The normalized spacial score (nSPS) is 18.1. The van der Waals surface area contributed by atoms with Gasteiger partial charge in [-0.3, -0.25) is 0 Å². The summed E-state index contributed by atoms with van der Waals surface area (Å²) in [7, 11) is 0. The van der Waals surface area contributed by atoms with Crippen molar-refractivity contribution in [3.63, 3.8) is 0 Å². The first-order valence-electron chi connectivity index (χ1n) is 12.0. The number of rotatable bonds is 12. The zero-order valence-electron chi connectivity index (χ0n) is 20.6. The fourth-order valence-electron chi connectivity index (χ4n) is 3.95. The second kappa shape index (κ2) is 12.4. The van der Waals surface area contributed by atoms with Gasteiger partial charge in [0.25, 0.3) is 0 Å². The summed E-state index contributed by atoms with van der Waals surface area (Å²) in [4.78, 5) is 24.6. The third-order valence-electron chi connectivity index (χ3n) is 5.99. The number of benzene rings is 2. The Morgan fingerprint density at radius 3 is 2.71 bits per heavy atom. The van der Waals surface area contributed by atoms with Crippen LogP contribution in [-0.4, -0.2) is 47.1 Å². The molecule has 3 aromatic rings. The molecule has 1 aliphatic rings. The molecule has 0 radical (unpaired) electrons. The van der Waals surface area contributed by atoms with Gasteiger partial charge in [-0.15, -0.1) is 0 Å². The maximum Gasteiger partial charge on any atom is 0.452 e. The highest BCUT2D eigenvalue weighted by atomic mass is 35.5. The number of carboxylic acid groups (broad SMARTS) is 1. The van der Waals surface area contributed by atoms with E-state index in [4.69, 9.17) is 25.8 Å². The first-order chi connectivity index (χ1) is 18.3. The summed E-state index contributed by atoms with van der Waals surface area (Å²) in [6, 6.07) is 16.3. The molecule has 38 heavy (non-hydrogen) atoms. The molecule has 0 saturated heterocycles. The molecule has 0 saturated carbocycles. The minimum Gasteiger partial charge on any atom is -0.475 e. The molecule has 0 aliphatic carbocycles. The SMILES string of the molecule is CC(Cc1cccc(C2=COC(C(=O)O)(C(=O)OCCc3ccsc3)O2)c1)NCC(O)c1cccc(Cl)c1. The number of carbonyl (C=O) groups excluding carboxylic acids is 1. The number of nitrogens with one attached hydrogen (secondary N) is 1. The van der Waals surface area contributed by atoms with E-state index in [9.17, 15) is 19.8 Å². The monoisotopic (exact) mass is 557 g/mol. The Morgan fingerprint density at radius 1 is 1.16 bits per heavy atom. The smallest absolute Gasteiger partial charge is 0.452 e. The molecule has 1 aliphatic heterocycles. The molecule has 2 heterocycles. The number of esters is 1. The third kappa shape index (κ3) is 6.73. The first-order valence-corrected chi connectivity index (χ1v) is 13.3. The van der Waals surface area contributed by atoms with Gasteiger partial charge in [0, 0.05) is 29.6 Å². The highest BCUT2D eigenvalue weighted by molar-refractivity contribution is 7.07. The minimum atomic E-state index is -2.59. The van der Waals surface area contributed by atoms with Crippen LogP contribution in [0.1, 0.15) is 35.3 Å². The number of aliphatic hydroxyl groups is 1. The van der Waals surface area contributed by atoms with Crippen molar-refractivity contribution in [2.75, 3.05) is 13.2 Å². The van der Waals surface area contributed by atoms with Crippen molar-refractivity contribution in [2.45, 2.75) is 37.7 Å². The van der Waals surface area contributed by atoms with Gasteiger partial charge in [-0.05, 0) is 65.1 Å². The third-order valence-corrected chi connectivity index (χ3v) is 6.95. The quantitative estimate of drug-likeness (QED) is 0.219. The molecule has 3 unspecified atom stereocenters. The molecule has 1 aromatic heterocycles. The van der Waals surface area contributed by atoms with Crippen LogP contribution in [-0.2, 0) is 36.6 Å². The van der Waals surface area contributed by atoms with Gasteiger partial charge < -0.3 is 29.7 Å². The van der Waals surface area contributed by atoms with Crippen molar-refractivity contribution >= 4 is 40.6 Å². The second-order valence-corrected chi connectivity index (χ2v) is 10.1. The maximum atomic E-state index is 12.7. The topological polar surface area (TPSA) is 114 Å². The number of hydrogen-bond acceptors (Lipinski definition) is 8. The summed E-state index contributed by atoms with van der Waals surface area (Å²) < 4.78 is 16.0. The van der Waals surface area contributed by atoms with Gasteiger partial charge in [0.15, 0.2) is 5.76 Å². The lowest BCUT2D eigenvalue weighted by molar-refractivity contribution is -0.211. The molecule has 0 bridgehead atoms. The van der Waals surface area contributed by atoms with Gasteiger partial charge >= 0.3 is 17.7 Å². The number of carbonyl (C=O) groups is 2. The number of carboxylic acids is 1. The Bertz CT molecular complexity index is 1300. The molecule has 0 fully saturated rings. The molecule has 2 aromatic carbocycles. The average Bonchev–Trinajstić information content (AvgIpc) is 3.59. The zero-order valence-corrected chi connectivity index (χ0v) is 22.2. The lowest BCUT2D eigenvalue weighted by atomic mass is 10.0. The van der Waals surface area contributed by atoms with Crippen LogP contribution in [0.25, 0.3) is 5.76 Å². The summed E-state index contributed by atoms with van der Waals surface area (Å²) in [5, 5.41) is 27.9. The summed E-state index contributed by atoms with van der Waals surface area (Å²) in [6.07, 6.45) is 1.50. The number of halogens is 1. The second-order valence-electron chi connectivity index (χ2n) is 8.93. The van der Waals surface area contributed by atoms with Gasteiger partial charge in [0.05, 0.1) is 12.7 Å². The Kier molecular flexibility index (Phi) is 9.06. The molecule has 4 rings (SSSR count). The van der Waals surface area contributed by atoms with Crippen molar-refractivity contribution in [3.05, 3.63) is 98.9 Å². The van der Waals surface area contributed by atoms with Crippen molar-refractivity contribution in [1.82, 2.24) is 5.32 Å². The predicted molar refractivity (Wildman–Crippen MR) is 144 cm³/mol.